The van der Waals surface area contributed by atoms with Gasteiger partial charge in [0.25, 0.3) is 5.91 Å². The maximum atomic E-state index is 12.6. The van der Waals surface area contributed by atoms with E-state index in [1.54, 1.807) is 35.0 Å². The number of benzene rings is 2. The van der Waals surface area contributed by atoms with Gasteiger partial charge in [-0.15, -0.1) is 0 Å². The second kappa shape index (κ2) is 8.03. The molecule has 0 saturated heterocycles. The minimum atomic E-state index is -0.194. The third kappa shape index (κ3) is 4.43. The minimum Gasteiger partial charge on any atom is -0.487 e. The molecule has 1 aromatic heterocycles. The monoisotopic (exact) mass is 403 g/mol. The molecule has 7 heteroatoms. The number of aromatic nitrogens is 2. The second-order valence-electron chi connectivity index (χ2n) is 6.19. The number of anilines is 1. The molecule has 0 radical (unpaired) electrons. The van der Waals surface area contributed by atoms with Gasteiger partial charge in [-0.25, -0.2) is 0 Å². The SMILES string of the molecule is Cc1nn(C)c(C)c1NC(=O)c1cccc(COc2ccc(Cl)cc2Cl)c1. The van der Waals surface area contributed by atoms with Crippen LogP contribution in [0.3, 0.4) is 0 Å². The van der Waals surface area contributed by atoms with Gasteiger partial charge in [0.05, 0.1) is 22.1 Å². The second-order valence-corrected chi connectivity index (χ2v) is 7.03. The zero-order chi connectivity index (χ0) is 19.6. The Morgan fingerprint density at radius 2 is 1.96 bits per heavy atom. The molecule has 3 rings (SSSR count). The van der Waals surface area contributed by atoms with Crippen LogP contribution in [0.5, 0.6) is 5.75 Å². The van der Waals surface area contributed by atoms with Crippen molar-refractivity contribution in [3.05, 3.63) is 75.0 Å². The van der Waals surface area contributed by atoms with E-state index in [2.05, 4.69) is 10.4 Å². The van der Waals surface area contributed by atoms with Gasteiger partial charge in [-0.1, -0.05) is 35.3 Å². The summed E-state index contributed by atoms with van der Waals surface area (Å²) in [6.45, 7) is 4.06. The number of carbonyl (C=O) groups is 1. The number of nitrogens with one attached hydrogen (secondary N) is 1. The zero-order valence-electron chi connectivity index (χ0n) is 15.2. The Morgan fingerprint density at radius 1 is 1.19 bits per heavy atom. The summed E-state index contributed by atoms with van der Waals surface area (Å²) in [6, 6.07) is 12.3. The Labute approximate surface area is 167 Å². The van der Waals surface area contributed by atoms with Crippen LogP contribution in [0.1, 0.15) is 27.3 Å². The molecule has 0 saturated carbocycles. The van der Waals surface area contributed by atoms with Crippen LogP contribution in [0, 0.1) is 13.8 Å². The lowest BCUT2D eigenvalue weighted by atomic mass is 10.1. The Bertz CT molecular complexity index is 999. The number of nitrogens with zero attached hydrogens (tertiary/aromatic N) is 2. The molecule has 0 fully saturated rings. The van der Waals surface area contributed by atoms with E-state index in [9.17, 15) is 4.79 Å². The smallest absolute Gasteiger partial charge is 0.255 e. The fourth-order valence-corrected chi connectivity index (χ4v) is 3.16. The van der Waals surface area contributed by atoms with Gasteiger partial charge in [0.15, 0.2) is 0 Å². The summed E-state index contributed by atoms with van der Waals surface area (Å²) in [4.78, 5) is 12.6. The van der Waals surface area contributed by atoms with E-state index in [0.29, 0.717) is 21.4 Å². The summed E-state index contributed by atoms with van der Waals surface area (Å²) in [7, 11) is 1.85. The van der Waals surface area contributed by atoms with Crippen molar-refractivity contribution in [3.63, 3.8) is 0 Å². The highest BCUT2D eigenvalue weighted by molar-refractivity contribution is 6.35. The average Bonchev–Trinajstić information content (AvgIpc) is 2.87. The third-order valence-electron chi connectivity index (χ3n) is 4.22. The number of hydrogen-bond donors (Lipinski definition) is 1. The first-order valence-electron chi connectivity index (χ1n) is 8.33. The minimum absolute atomic E-state index is 0.194. The molecule has 0 unspecified atom stereocenters. The number of ether oxygens (including phenoxy) is 1. The Hall–Kier alpha value is -2.50. The fourth-order valence-electron chi connectivity index (χ4n) is 2.70. The normalized spacial score (nSPS) is 10.7. The van der Waals surface area contributed by atoms with Crippen LogP contribution in [-0.4, -0.2) is 15.7 Å². The molecule has 0 bridgehead atoms. The molecule has 0 aliphatic rings. The van der Waals surface area contributed by atoms with E-state index in [1.807, 2.05) is 33.0 Å². The van der Waals surface area contributed by atoms with Gasteiger partial charge < -0.3 is 10.1 Å². The highest BCUT2D eigenvalue weighted by Gasteiger charge is 2.14. The maximum absolute atomic E-state index is 12.6. The van der Waals surface area contributed by atoms with Crippen LogP contribution in [0.15, 0.2) is 42.5 Å². The van der Waals surface area contributed by atoms with E-state index in [4.69, 9.17) is 27.9 Å². The van der Waals surface area contributed by atoms with Crippen molar-refractivity contribution < 1.29 is 9.53 Å². The number of halogens is 2. The molecule has 3 aromatic rings. The van der Waals surface area contributed by atoms with Crippen LogP contribution < -0.4 is 10.1 Å². The van der Waals surface area contributed by atoms with E-state index in [1.165, 1.54) is 0 Å². The Morgan fingerprint density at radius 3 is 2.63 bits per heavy atom. The van der Waals surface area contributed by atoms with Crippen molar-refractivity contribution in [1.29, 1.82) is 0 Å². The van der Waals surface area contributed by atoms with Crippen molar-refractivity contribution in [2.75, 3.05) is 5.32 Å². The Balaban J connectivity index is 1.72. The van der Waals surface area contributed by atoms with Crippen LogP contribution in [0.25, 0.3) is 0 Å². The van der Waals surface area contributed by atoms with Gasteiger partial charge in [-0.3, -0.25) is 9.48 Å². The molecule has 5 nitrogen and oxygen atoms in total. The van der Waals surface area contributed by atoms with E-state index in [0.717, 1.165) is 22.6 Å². The van der Waals surface area contributed by atoms with Crippen LogP contribution >= 0.6 is 23.2 Å². The predicted molar refractivity (Wildman–Crippen MR) is 108 cm³/mol. The molecule has 1 amide bonds. The van der Waals surface area contributed by atoms with Crippen molar-refractivity contribution in [1.82, 2.24) is 9.78 Å². The standard InChI is InChI=1S/C20H19Cl2N3O2/c1-12-19(13(2)25(3)24-12)23-20(26)15-6-4-5-14(9-15)11-27-18-8-7-16(21)10-17(18)22/h4-10H,11H2,1-3H3,(H,23,26). The highest BCUT2D eigenvalue weighted by atomic mass is 35.5. The summed E-state index contributed by atoms with van der Waals surface area (Å²) < 4.78 is 7.48. The van der Waals surface area contributed by atoms with E-state index in [-0.39, 0.29) is 12.5 Å². The largest absolute Gasteiger partial charge is 0.487 e. The molecule has 0 atom stereocenters. The summed E-state index contributed by atoms with van der Waals surface area (Å²) in [6.07, 6.45) is 0. The molecule has 0 aliphatic carbocycles. The van der Waals surface area contributed by atoms with Gasteiger partial charge in [0, 0.05) is 17.6 Å². The zero-order valence-corrected chi connectivity index (χ0v) is 16.7. The first-order valence-corrected chi connectivity index (χ1v) is 9.09. The highest BCUT2D eigenvalue weighted by Crippen LogP contribution is 2.28. The molecule has 2 aromatic carbocycles. The first-order chi connectivity index (χ1) is 12.8. The van der Waals surface area contributed by atoms with Crippen molar-refractivity contribution >= 4 is 34.8 Å². The van der Waals surface area contributed by atoms with Gasteiger partial charge in [-0.2, -0.15) is 5.10 Å². The van der Waals surface area contributed by atoms with Gasteiger partial charge in [0.2, 0.25) is 0 Å². The number of hydrogen-bond acceptors (Lipinski definition) is 3. The summed E-state index contributed by atoms with van der Waals surface area (Å²) in [5, 5.41) is 8.24. The molecule has 140 valence electrons. The molecule has 1 N–H and O–H groups in total. The average molecular weight is 404 g/mol. The number of aryl methyl sites for hydroxylation is 2. The molecular formula is C20H19Cl2N3O2. The van der Waals surface area contributed by atoms with Crippen LogP contribution in [0.4, 0.5) is 5.69 Å². The van der Waals surface area contributed by atoms with Gasteiger partial charge in [0.1, 0.15) is 12.4 Å². The van der Waals surface area contributed by atoms with Gasteiger partial charge >= 0.3 is 0 Å². The van der Waals surface area contributed by atoms with Crippen molar-refractivity contribution in [2.24, 2.45) is 7.05 Å². The predicted octanol–water partition coefficient (Wildman–Crippen LogP) is 5.18. The number of amides is 1. The van der Waals surface area contributed by atoms with Crippen molar-refractivity contribution in [3.8, 4) is 5.75 Å². The van der Waals surface area contributed by atoms with Gasteiger partial charge in [-0.05, 0) is 49.7 Å². The maximum Gasteiger partial charge on any atom is 0.255 e. The topological polar surface area (TPSA) is 56.2 Å². The summed E-state index contributed by atoms with van der Waals surface area (Å²) in [5.74, 6) is 0.345. The molecule has 27 heavy (non-hydrogen) atoms. The Kier molecular flexibility index (Phi) is 5.73. The number of carbonyl (C=O) groups excluding carboxylic acids is 1. The molecule has 1 heterocycles. The quantitative estimate of drug-likeness (QED) is 0.638. The molecule has 0 spiro atoms. The third-order valence-corrected chi connectivity index (χ3v) is 4.76. The summed E-state index contributed by atoms with van der Waals surface area (Å²) >= 11 is 12.0. The van der Waals surface area contributed by atoms with E-state index >= 15 is 0 Å². The lowest BCUT2D eigenvalue weighted by Crippen LogP contribution is -2.13. The number of rotatable bonds is 5. The van der Waals surface area contributed by atoms with Crippen LogP contribution in [-0.2, 0) is 13.7 Å². The van der Waals surface area contributed by atoms with E-state index < -0.39 is 0 Å². The molecule has 0 aliphatic heterocycles. The lowest BCUT2D eigenvalue weighted by Gasteiger charge is -2.10. The first kappa shape index (κ1) is 19.3. The lowest BCUT2D eigenvalue weighted by molar-refractivity contribution is 0.102. The summed E-state index contributed by atoms with van der Waals surface area (Å²) in [5.41, 5.74) is 3.81. The molecular weight excluding hydrogens is 385 g/mol. The van der Waals surface area contributed by atoms with Crippen molar-refractivity contribution in [2.45, 2.75) is 20.5 Å². The van der Waals surface area contributed by atoms with Crippen LogP contribution in [0.2, 0.25) is 10.0 Å². The fraction of sp³-hybridized carbons (Fsp3) is 0.200.